The fraction of sp³-hybridized carbons (Fsp3) is 0.538. The Morgan fingerprint density at radius 2 is 2.41 bits per heavy atom. The molecule has 1 atom stereocenters. The molecule has 17 heavy (non-hydrogen) atoms. The molecule has 2 rings (SSSR count). The molecule has 0 aliphatic carbocycles. The molecule has 1 heterocycles. The molecule has 3 nitrogen and oxygen atoms in total. The highest BCUT2D eigenvalue weighted by Gasteiger charge is 2.23. The smallest absolute Gasteiger partial charge is 0.127 e. The minimum absolute atomic E-state index is 0.273. The Bertz CT molecular complexity index is 370. The van der Waals surface area contributed by atoms with Crippen molar-refractivity contribution in [2.24, 2.45) is 0 Å². The lowest BCUT2D eigenvalue weighted by Gasteiger charge is -2.09. The summed E-state index contributed by atoms with van der Waals surface area (Å²) in [7, 11) is 0. The molecule has 1 unspecified atom stereocenters. The number of benzene rings is 1. The van der Waals surface area contributed by atoms with Crippen LogP contribution in [0.5, 0.6) is 11.5 Å². The minimum atomic E-state index is -0.343. The van der Waals surface area contributed by atoms with Crippen molar-refractivity contribution in [1.29, 1.82) is 0 Å². The number of rotatable bonds is 6. The Kier molecular flexibility index (Phi) is 4.20. The zero-order chi connectivity index (χ0) is 12.1. The number of hydrogen-bond donors (Lipinski definition) is 1. The number of halogens is 1. The van der Waals surface area contributed by atoms with Crippen LogP contribution in [0.1, 0.15) is 24.9 Å². The van der Waals surface area contributed by atoms with Gasteiger partial charge in [-0.3, -0.25) is 4.39 Å². The van der Waals surface area contributed by atoms with Crippen molar-refractivity contribution in [2.75, 3.05) is 26.4 Å². The SMILES string of the molecule is CCNC1COc2cc(OCCCF)ccc21. The summed E-state index contributed by atoms with van der Waals surface area (Å²) >= 11 is 0. The summed E-state index contributed by atoms with van der Waals surface area (Å²) in [6, 6.07) is 6.08. The summed E-state index contributed by atoms with van der Waals surface area (Å²) < 4.78 is 23.0. The van der Waals surface area contributed by atoms with E-state index < -0.39 is 0 Å². The van der Waals surface area contributed by atoms with E-state index in [4.69, 9.17) is 9.47 Å². The number of ether oxygens (including phenoxy) is 2. The fourth-order valence-corrected chi connectivity index (χ4v) is 1.94. The maximum atomic E-state index is 11.9. The summed E-state index contributed by atoms with van der Waals surface area (Å²) in [5, 5.41) is 3.36. The Morgan fingerprint density at radius 3 is 3.18 bits per heavy atom. The highest BCUT2D eigenvalue weighted by Crippen LogP contribution is 2.35. The van der Waals surface area contributed by atoms with Crippen LogP contribution >= 0.6 is 0 Å². The quantitative estimate of drug-likeness (QED) is 0.773. The van der Waals surface area contributed by atoms with Gasteiger partial charge in [-0.15, -0.1) is 0 Å². The number of alkyl halides is 1. The second-order valence-corrected chi connectivity index (χ2v) is 4.01. The predicted octanol–water partition coefficient (Wildman–Crippen LogP) is 2.47. The average Bonchev–Trinajstić information content (AvgIpc) is 2.73. The van der Waals surface area contributed by atoms with E-state index in [0.717, 1.165) is 18.0 Å². The van der Waals surface area contributed by atoms with Crippen LogP contribution < -0.4 is 14.8 Å². The fourth-order valence-electron chi connectivity index (χ4n) is 1.94. The van der Waals surface area contributed by atoms with Crippen LogP contribution in [0.25, 0.3) is 0 Å². The molecule has 1 aliphatic rings. The summed E-state index contributed by atoms with van der Waals surface area (Å²) in [6.45, 7) is 3.72. The lowest BCUT2D eigenvalue weighted by atomic mass is 10.1. The first-order chi connectivity index (χ1) is 8.35. The van der Waals surface area contributed by atoms with Gasteiger partial charge in [-0.25, -0.2) is 0 Å². The normalized spacial score (nSPS) is 17.6. The van der Waals surface area contributed by atoms with E-state index in [-0.39, 0.29) is 12.7 Å². The summed E-state index contributed by atoms with van der Waals surface area (Å²) in [5.74, 6) is 1.61. The van der Waals surface area contributed by atoms with Gasteiger partial charge in [-0.05, 0) is 18.7 Å². The summed E-state index contributed by atoms with van der Waals surface area (Å²) in [6.07, 6.45) is 0.429. The van der Waals surface area contributed by atoms with E-state index >= 15 is 0 Å². The second kappa shape index (κ2) is 5.87. The molecule has 1 aliphatic heterocycles. The van der Waals surface area contributed by atoms with Crippen molar-refractivity contribution < 1.29 is 13.9 Å². The second-order valence-electron chi connectivity index (χ2n) is 4.01. The van der Waals surface area contributed by atoms with Crippen LogP contribution in [0.3, 0.4) is 0 Å². The molecule has 1 aromatic carbocycles. The molecule has 0 saturated carbocycles. The van der Waals surface area contributed by atoms with Crippen LogP contribution in [0.15, 0.2) is 18.2 Å². The highest BCUT2D eigenvalue weighted by atomic mass is 19.1. The molecule has 0 radical (unpaired) electrons. The molecule has 0 amide bonds. The van der Waals surface area contributed by atoms with Crippen molar-refractivity contribution >= 4 is 0 Å². The van der Waals surface area contributed by atoms with E-state index in [1.807, 2.05) is 18.2 Å². The Hall–Kier alpha value is -1.29. The van der Waals surface area contributed by atoms with Crippen molar-refractivity contribution in [1.82, 2.24) is 5.32 Å². The van der Waals surface area contributed by atoms with Gasteiger partial charge in [-0.2, -0.15) is 0 Å². The van der Waals surface area contributed by atoms with Gasteiger partial charge in [0.15, 0.2) is 0 Å². The van der Waals surface area contributed by atoms with E-state index in [2.05, 4.69) is 12.2 Å². The number of hydrogen-bond acceptors (Lipinski definition) is 3. The lowest BCUT2D eigenvalue weighted by Crippen LogP contribution is -2.21. The van der Waals surface area contributed by atoms with Crippen LogP contribution in [0.4, 0.5) is 4.39 Å². The first-order valence-electron chi connectivity index (χ1n) is 6.04. The van der Waals surface area contributed by atoms with E-state index in [0.29, 0.717) is 19.6 Å². The molecular weight excluding hydrogens is 221 g/mol. The molecule has 0 aromatic heterocycles. The van der Waals surface area contributed by atoms with Gasteiger partial charge in [-0.1, -0.05) is 6.92 Å². The third kappa shape index (κ3) is 2.88. The van der Waals surface area contributed by atoms with Crippen molar-refractivity contribution in [3.8, 4) is 11.5 Å². The number of nitrogens with one attached hydrogen (secondary N) is 1. The van der Waals surface area contributed by atoms with Gasteiger partial charge in [0.2, 0.25) is 0 Å². The van der Waals surface area contributed by atoms with E-state index in [1.54, 1.807) is 0 Å². The third-order valence-electron chi connectivity index (χ3n) is 2.76. The zero-order valence-electron chi connectivity index (χ0n) is 10.0. The van der Waals surface area contributed by atoms with E-state index in [9.17, 15) is 4.39 Å². The van der Waals surface area contributed by atoms with Crippen LogP contribution in [0.2, 0.25) is 0 Å². The monoisotopic (exact) mass is 239 g/mol. The molecule has 0 bridgehead atoms. The molecule has 1 aromatic rings. The molecule has 0 saturated heterocycles. The summed E-state index contributed by atoms with van der Waals surface area (Å²) in [4.78, 5) is 0. The lowest BCUT2D eigenvalue weighted by molar-refractivity contribution is 0.286. The van der Waals surface area contributed by atoms with Crippen molar-refractivity contribution in [3.05, 3.63) is 23.8 Å². The Morgan fingerprint density at radius 1 is 1.53 bits per heavy atom. The first kappa shape index (κ1) is 12.2. The Balaban J connectivity index is 2.01. The van der Waals surface area contributed by atoms with Crippen molar-refractivity contribution in [2.45, 2.75) is 19.4 Å². The zero-order valence-corrected chi connectivity index (χ0v) is 10.0. The number of likely N-dealkylation sites (N-methyl/N-ethyl adjacent to an activating group) is 1. The molecule has 4 heteroatoms. The maximum absolute atomic E-state index is 11.9. The Labute approximate surface area is 101 Å². The first-order valence-corrected chi connectivity index (χ1v) is 6.04. The molecule has 1 N–H and O–H groups in total. The molecule has 94 valence electrons. The topological polar surface area (TPSA) is 30.5 Å². The molecule has 0 spiro atoms. The standard InChI is InChI=1S/C13H18FNO2/c1-2-15-12-9-17-13-8-10(4-5-11(12)13)16-7-3-6-14/h4-5,8,12,15H,2-3,6-7,9H2,1H3. The van der Waals surface area contributed by atoms with Gasteiger partial charge >= 0.3 is 0 Å². The largest absolute Gasteiger partial charge is 0.493 e. The minimum Gasteiger partial charge on any atom is -0.493 e. The third-order valence-corrected chi connectivity index (χ3v) is 2.76. The molecule has 0 fully saturated rings. The maximum Gasteiger partial charge on any atom is 0.127 e. The number of fused-ring (bicyclic) bond motifs is 1. The van der Waals surface area contributed by atoms with Crippen molar-refractivity contribution in [3.63, 3.8) is 0 Å². The van der Waals surface area contributed by atoms with Gasteiger partial charge in [0.1, 0.15) is 18.1 Å². The van der Waals surface area contributed by atoms with Crippen LogP contribution in [-0.4, -0.2) is 26.4 Å². The van der Waals surface area contributed by atoms with Crippen LogP contribution in [-0.2, 0) is 0 Å². The van der Waals surface area contributed by atoms with E-state index in [1.165, 1.54) is 5.56 Å². The van der Waals surface area contributed by atoms with Gasteiger partial charge < -0.3 is 14.8 Å². The van der Waals surface area contributed by atoms with Gasteiger partial charge in [0, 0.05) is 18.1 Å². The average molecular weight is 239 g/mol. The highest BCUT2D eigenvalue weighted by molar-refractivity contribution is 5.45. The van der Waals surface area contributed by atoms with Crippen LogP contribution in [0, 0.1) is 0 Å². The summed E-state index contributed by atoms with van der Waals surface area (Å²) in [5.41, 5.74) is 1.17. The van der Waals surface area contributed by atoms with Gasteiger partial charge in [0.05, 0.1) is 19.3 Å². The molecular formula is C13H18FNO2. The predicted molar refractivity (Wildman–Crippen MR) is 64.4 cm³/mol. The van der Waals surface area contributed by atoms with Gasteiger partial charge in [0.25, 0.3) is 0 Å².